The maximum Gasteiger partial charge on any atom is 0.255 e. The first-order valence-corrected chi connectivity index (χ1v) is 9.11. The van der Waals surface area contributed by atoms with Crippen LogP contribution in [0.2, 0.25) is 0 Å². The molecule has 9 nitrogen and oxygen atoms in total. The molecule has 4 rings (SSSR count). The van der Waals surface area contributed by atoms with Gasteiger partial charge in [-0.3, -0.25) is 14.4 Å². The van der Waals surface area contributed by atoms with Crippen molar-refractivity contribution in [3.8, 4) is 11.5 Å². The number of nitrogens with two attached hydrogens (primary N) is 1. The van der Waals surface area contributed by atoms with Crippen LogP contribution in [0.25, 0.3) is 10.8 Å². The lowest BCUT2D eigenvalue weighted by molar-refractivity contribution is -0.140. The average molecular weight is 413 g/mol. The number of aromatic hydroxyl groups is 2. The summed E-state index contributed by atoms with van der Waals surface area (Å²) < 4.78 is 5.35. The second kappa shape index (κ2) is 6.28. The summed E-state index contributed by atoms with van der Waals surface area (Å²) in [4.78, 5) is 37.9. The Kier molecular flexibility index (Phi) is 4.16. The van der Waals surface area contributed by atoms with Gasteiger partial charge in [0, 0.05) is 13.0 Å². The predicted octanol–water partition coefficient (Wildman–Crippen LogP) is 0.541. The molecule has 0 bridgehead atoms. The quantitative estimate of drug-likeness (QED) is 0.445. The highest BCUT2D eigenvalue weighted by molar-refractivity contribution is 6.24. The third kappa shape index (κ3) is 2.16. The number of phenols is 2. The van der Waals surface area contributed by atoms with E-state index in [0.717, 1.165) is 7.11 Å². The first-order valence-electron chi connectivity index (χ1n) is 9.11. The molecule has 9 heteroatoms. The van der Waals surface area contributed by atoms with Gasteiger partial charge in [-0.15, -0.1) is 0 Å². The van der Waals surface area contributed by atoms with Gasteiger partial charge in [0.2, 0.25) is 11.6 Å². The number of phenolic OH excluding ortho intramolecular Hbond substituents is 2. The number of aliphatic hydroxyl groups excluding tert-OH is 2. The smallest absolute Gasteiger partial charge is 0.255 e. The van der Waals surface area contributed by atoms with Crippen molar-refractivity contribution in [2.24, 2.45) is 11.7 Å². The molecular weight excluding hydrogens is 394 g/mol. The van der Waals surface area contributed by atoms with E-state index in [1.54, 1.807) is 19.1 Å². The molecule has 0 aliphatic heterocycles. The van der Waals surface area contributed by atoms with Gasteiger partial charge in [-0.2, -0.15) is 0 Å². The number of carbonyl (C=O) groups is 3. The molecule has 2 aromatic rings. The van der Waals surface area contributed by atoms with Gasteiger partial charge >= 0.3 is 0 Å². The van der Waals surface area contributed by atoms with Gasteiger partial charge in [0.05, 0.1) is 10.9 Å². The van der Waals surface area contributed by atoms with Crippen LogP contribution in [0.4, 0.5) is 0 Å². The first-order chi connectivity index (χ1) is 14.1. The van der Waals surface area contributed by atoms with Gasteiger partial charge in [0.25, 0.3) is 5.91 Å². The second-order valence-electron chi connectivity index (χ2n) is 7.50. The fourth-order valence-corrected chi connectivity index (χ4v) is 4.77. The van der Waals surface area contributed by atoms with E-state index in [0.29, 0.717) is 16.5 Å². The number of methoxy groups -OCH3 is 1. The molecule has 156 valence electrons. The van der Waals surface area contributed by atoms with Crippen LogP contribution >= 0.6 is 0 Å². The van der Waals surface area contributed by atoms with E-state index in [1.165, 1.54) is 6.07 Å². The molecule has 2 aliphatic rings. The number of hydrogen-bond donors (Lipinski definition) is 5. The highest BCUT2D eigenvalue weighted by atomic mass is 16.5. The van der Waals surface area contributed by atoms with Gasteiger partial charge in [-0.05, 0) is 35.9 Å². The summed E-state index contributed by atoms with van der Waals surface area (Å²) in [5, 5.41) is 43.1. The first kappa shape index (κ1) is 19.9. The van der Waals surface area contributed by atoms with Crippen molar-refractivity contribution < 1.29 is 39.5 Å². The topological polar surface area (TPSA) is 167 Å². The van der Waals surface area contributed by atoms with E-state index in [-0.39, 0.29) is 23.1 Å². The SMILES string of the molecule is COC12C(=O)c3c(c(C)c4cccc(O)c4c3O)CC1C(O)C(=O)C(C(N)=O)=C2O. The summed E-state index contributed by atoms with van der Waals surface area (Å²) in [6.07, 6.45) is -1.97. The van der Waals surface area contributed by atoms with Crippen molar-refractivity contribution in [1.82, 2.24) is 0 Å². The number of aryl methyl sites for hydroxylation is 1. The average Bonchev–Trinajstić information content (AvgIpc) is 2.69. The van der Waals surface area contributed by atoms with Crippen LogP contribution < -0.4 is 5.73 Å². The molecular formula is C21H19NO8. The number of hydrogen-bond acceptors (Lipinski definition) is 8. The lowest BCUT2D eigenvalue weighted by atomic mass is 9.62. The highest BCUT2D eigenvalue weighted by Gasteiger charge is 2.63. The number of ether oxygens (including phenoxy) is 1. The molecule has 0 aromatic heterocycles. The Morgan fingerprint density at radius 1 is 1.23 bits per heavy atom. The Morgan fingerprint density at radius 3 is 2.50 bits per heavy atom. The molecule has 30 heavy (non-hydrogen) atoms. The van der Waals surface area contributed by atoms with Crippen molar-refractivity contribution in [3.63, 3.8) is 0 Å². The summed E-state index contributed by atoms with van der Waals surface area (Å²) in [5.41, 5.74) is 2.65. The van der Waals surface area contributed by atoms with Crippen molar-refractivity contribution in [1.29, 1.82) is 0 Å². The molecule has 0 saturated carbocycles. The largest absolute Gasteiger partial charge is 0.508 e. The molecule has 1 amide bonds. The van der Waals surface area contributed by atoms with Crippen molar-refractivity contribution in [2.75, 3.05) is 7.11 Å². The zero-order chi connectivity index (χ0) is 22.1. The zero-order valence-corrected chi connectivity index (χ0v) is 16.1. The third-order valence-corrected chi connectivity index (χ3v) is 6.24. The van der Waals surface area contributed by atoms with Crippen LogP contribution in [-0.4, -0.2) is 56.7 Å². The van der Waals surface area contributed by atoms with Crippen LogP contribution in [0, 0.1) is 12.8 Å². The van der Waals surface area contributed by atoms with Crippen LogP contribution in [0.1, 0.15) is 21.5 Å². The Labute approximate surface area is 170 Å². The molecule has 3 atom stereocenters. The number of amides is 1. The maximum absolute atomic E-state index is 13.6. The van der Waals surface area contributed by atoms with E-state index in [4.69, 9.17) is 10.5 Å². The molecule has 0 spiro atoms. The van der Waals surface area contributed by atoms with Crippen LogP contribution in [-0.2, 0) is 20.7 Å². The number of ketones is 2. The molecule has 2 aromatic carbocycles. The minimum atomic E-state index is -2.30. The van der Waals surface area contributed by atoms with E-state index in [1.807, 2.05) is 0 Å². The number of fused-ring (bicyclic) bond motifs is 3. The Hall–Kier alpha value is -3.43. The molecule has 3 unspecified atom stereocenters. The van der Waals surface area contributed by atoms with E-state index < -0.39 is 52.2 Å². The molecule has 0 radical (unpaired) electrons. The lowest BCUT2D eigenvalue weighted by Gasteiger charge is -2.46. The summed E-state index contributed by atoms with van der Waals surface area (Å²) in [5.74, 6) is -6.41. The summed E-state index contributed by atoms with van der Waals surface area (Å²) >= 11 is 0. The second-order valence-corrected chi connectivity index (χ2v) is 7.50. The van der Waals surface area contributed by atoms with Gasteiger partial charge < -0.3 is 30.9 Å². The monoisotopic (exact) mass is 413 g/mol. The van der Waals surface area contributed by atoms with Crippen LogP contribution in [0.15, 0.2) is 29.5 Å². The maximum atomic E-state index is 13.6. The molecule has 6 N–H and O–H groups in total. The Balaban J connectivity index is 2.13. The molecule has 0 saturated heterocycles. The van der Waals surface area contributed by atoms with Crippen molar-refractivity contribution in [3.05, 3.63) is 46.2 Å². The van der Waals surface area contributed by atoms with Crippen LogP contribution in [0.3, 0.4) is 0 Å². The van der Waals surface area contributed by atoms with Gasteiger partial charge in [0.1, 0.15) is 28.9 Å². The predicted molar refractivity (Wildman–Crippen MR) is 103 cm³/mol. The van der Waals surface area contributed by atoms with Crippen molar-refractivity contribution >= 4 is 28.2 Å². The number of carbonyl (C=O) groups excluding carboxylic acids is 3. The van der Waals surface area contributed by atoms with Gasteiger partial charge in [0.15, 0.2) is 5.60 Å². The standard InChI is InChI=1S/C21H19NO8/c1-7-8-4-3-5-11(23)12(8)16(25)13-9(7)6-10-15(24)17(26)14(20(22)29)19(28)21(10,30-2)18(13)27/h3-5,10,15,23-25,28H,6H2,1-2H3,(H2,22,29). The number of benzene rings is 2. The minimum absolute atomic E-state index is 0.0397. The van der Waals surface area contributed by atoms with E-state index in [2.05, 4.69) is 0 Å². The highest BCUT2D eigenvalue weighted by Crippen LogP contribution is 2.51. The number of rotatable bonds is 2. The Morgan fingerprint density at radius 2 is 1.90 bits per heavy atom. The number of aliphatic hydroxyl groups is 2. The fourth-order valence-electron chi connectivity index (χ4n) is 4.77. The minimum Gasteiger partial charge on any atom is -0.508 e. The number of primary amides is 1. The normalized spacial score (nSPS) is 26.0. The molecule has 0 fully saturated rings. The van der Waals surface area contributed by atoms with Gasteiger partial charge in [-0.25, -0.2) is 0 Å². The summed E-state index contributed by atoms with van der Waals surface area (Å²) in [7, 11) is 1.08. The molecule has 0 heterocycles. The van der Waals surface area contributed by atoms with Gasteiger partial charge in [-0.1, -0.05) is 12.1 Å². The number of Topliss-reactive ketones (excluding diaryl/α,β-unsaturated/α-hetero) is 2. The van der Waals surface area contributed by atoms with Crippen molar-refractivity contribution in [2.45, 2.75) is 25.0 Å². The molecule has 2 aliphatic carbocycles. The van der Waals surface area contributed by atoms with E-state index >= 15 is 0 Å². The summed E-state index contributed by atoms with van der Waals surface area (Å²) in [6, 6.07) is 4.58. The fraction of sp³-hybridized carbons (Fsp3) is 0.286. The lowest BCUT2D eigenvalue weighted by Crippen LogP contribution is -2.62. The van der Waals surface area contributed by atoms with Crippen LogP contribution in [0.5, 0.6) is 11.5 Å². The third-order valence-electron chi connectivity index (χ3n) is 6.24. The Bertz CT molecular complexity index is 1200. The summed E-state index contributed by atoms with van der Waals surface area (Å²) in [6.45, 7) is 1.68. The zero-order valence-electron chi connectivity index (χ0n) is 16.1. The van der Waals surface area contributed by atoms with E-state index in [9.17, 15) is 34.8 Å².